The minimum atomic E-state index is -1.35. The van der Waals surface area contributed by atoms with Crippen LogP contribution in [0.5, 0.6) is 5.75 Å². The van der Waals surface area contributed by atoms with E-state index in [4.69, 9.17) is 10.2 Å². The van der Waals surface area contributed by atoms with E-state index < -0.39 is 23.1 Å². The summed E-state index contributed by atoms with van der Waals surface area (Å²) in [6, 6.07) is 1.97. The molecule has 0 amide bonds. The smallest absolute Gasteiger partial charge is 0.379 e. The number of carboxylic acid groups (broad SMARTS) is 1. The van der Waals surface area contributed by atoms with E-state index in [2.05, 4.69) is 4.42 Å². The van der Waals surface area contributed by atoms with E-state index in [1.807, 2.05) is 0 Å². The van der Waals surface area contributed by atoms with Crippen molar-refractivity contribution >= 4 is 5.97 Å². The Morgan fingerprint density at radius 3 is 2.42 bits per heavy atom. The topological polar surface area (TPSA) is 87.7 Å². The van der Waals surface area contributed by atoms with Gasteiger partial charge >= 0.3 is 11.6 Å². The van der Waals surface area contributed by atoms with Gasteiger partial charge in [0, 0.05) is 20.4 Å². The molecule has 12 heavy (non-hydrogen) atoms. The third-order valence-corrected chi connectivity index (χ3v) is 1.02. The normalized spacial score (nSPS) is 8.67. The molecule has 1 aromatic rings. The zero-order valence-corrected chi connectivity index (χ0v) is 8.37. The van der Waals surface area contributed by atoms with Crippen molar-refractivity contribution in [2.45, 2.75) is 0 Å². The Hall–Kier alpha value is -1.12. The zero-order chi connectivity index (χ0) is 8.43. The van der Waals surface area contributed by atoms with Crippen molar-refractivity contribution in [1.29, 1.82) is 0 Å². The summed E-state index contributed by atoms with van der Waals surface area (Å²) >= 11 is 0. The molecule has 6 heteroatoms. The Morgan fingerprint density at radius 2 is 2.00 bits per heavy atom. The summed E-state index contributed by atoms with van der Waals surface area (Å²) in [5.41, 5.74) is -1.05. The van der Waals surface area contributed by atoms with E-state index in [9.17, 15) is 9.59 Å². The van der Waals surface area contributed by atoms with Gasteiger partial charge in [-0.3, -0.25) is 0 Å². The number of hydrogen-bond donors (Lipinski definition) is 2. The van der Waals surface area contributed by atoms with Gasteiger partial charge in [0.1, 0.15) is 0 Å². The first kappa shape index (κ1) is 10.9. The molecule has 0 spiro atoms. The summed E-state index contributed by atoms with van der Waals surface area (Å²) in [7, 11) is 0. The van der Waals surface area contributed by atoms with Crippen LogP contribution in [0, 0.1) is 0 Å². The van der Waals surface area contributed by atoms with Gasteiger partial charge in [0.05, 0.1) is 0 Å². The Balaban J connectivity index is 0.00000121. The van der Waals surface area contributed by atoms with Crippen LogP contribution < -0.4 is 5.63 Å². The van der Waals surface area contributed by atoms with Crippen molar-refractivity contribution in [3.05, 3.63) is 28.3 Å². The zero-order valence-electron chi connectivity index (χ0n) is 5.65. The molecule has 5 nitrogen and oxygen atoms in total. The quantitative estimate of drug-likeness (QED) is 0.753. The fraction of sp³-hybridized carbons (Fsp3) is 0. The number of carboxylic acids is 1. The van der Waals surface area contributed by atoms with Gasteiger partial charge in [-0.15, -0.1) is 0 Å². The summed E-state index contributed by atoms with van der Waals surface area (Å²) < 4.78 is 4.16. The Morgan fingerprint density at radius 1 is 1.42 bits per heavy atom. The molecule has 0 fully saturated rings. The largest absolute Gasteiger partial charge is 0.502 e. The second kappa shape index (κ2) is 4.05. The van der Waals surface area contributed by atoms with Crippen molar-refractivity contribution in [3.63, 3.8) is 0 Å². The van der Waals surface area contributed by atoms with Crippen LogP contribution in [0.3, 0.4) is 0 Å². The maximum absolute atomic E-state index is 10.5. The van der Waals surface area contributed by atoms with Gasteiger partial charge in [0.25, 0.3) is 0 Å². The van der Waals surface area contributed by atoms with E-state index in [-0.39, 0.29) is 20.4 Å². The van der Waals surface area contributed by atoms with E-state index >= 15 is 0 Å². The van der Waals surface area contributed by atoms with Crippen LogP contribution >= 0.6 is 0 Å². The summed E-state index contributed by atoms with van der Waals surface area (Å²) in [6.45, 7) is 0. The van der Waals surface area contributed by atoms with Crippen LogP contribution in [0.25, 0.3) is 0 Å². The molecule has 1 aromatic heterocycles. The van der Waals surface area contributed by atoms with Gasteiger partial charge in [-0.25, -0.2) is 9.59 Å². The second-order valence-electron chi connectivity index (χ2n) is 1.78. The molecule has 0 aliphatic carbocycles. The van der Waals surface area contributed by atoms with Crippen molar-refractivity contribution < 1.29 is 39.8 Å². The van der Waals surface area contributed by atoms with Gasteiger partial charge in [-0.1, -0.05) is 0 Å². The van der Waals surface area contributed by atoms with Crippen LogP contribution in [0.15, 0.2) is 21.3 Å². The van der Waals surface area contributed by atoms with Crippen LogP contribution in [0.1, 0.15) is 10.6 Å². The predicted octanol–water partition coefficient (Wildman–Crippen LogP) is 0.0411. The molecule has 0 unspecified atom stereocenters. The van der Waals surface area contributed by atoms with Crippen molar-refractivity contribution in [2.24, 2.45) is 0 Å². The molecule has 65 valence electrons. The minimum absolute atomic E-state index is 0. The summed E-state index contributed by atoms with van der Waals surface area (Å²) in [6.07, 6.45) is 0. The molecule has 0 saturated carbocycles. The van der Waals surface area contributed by atoms with Gasteiger partial charge in [0.15, 0.2) is 0 Å². The molecule has 0 saturated heterocycles. The molecule has 0 aliphatic rings. The number of aromatic hydroxyl groups is 1. The van der Waals surface area contributed by atoms with Crippen LogP contribution in [0.2, 0.25) is 0 Å². The minimum Gasteiger partial charge on any atom is -0.502 e. The van der Waals surface area contributed by atoms with E-state index in [0.29, 0.717) is 0 Å². The molecule has 0 aromatic carbocycles. The van der Waals surface area contributed by atoms with Crippen molar-refractivity contribution in [2.75, 3.05) is 0 Å². The van der Waals surface area contributed by atoms with Crippen molar-refractivity contribution in [3.8, 4) is 5.75 Å². The Bertz CT molecular complexity index is 342. The second-order valence-corrected chi connectivity index (χ2v) is 1.78. The van der Waals surface area contributed by atoms with Crippen molar-refractivity contribution in [1.82, 2.24) is 0 Å². The first-order valence-corrected chi connectivity index (χ1v) is 2.67. The number of carbonyl (C=O) groups is 1. The van der Waals surface area contributed by atoms with Crippen LogP contribution in [-0.4, -0.2) is 16.2 Å². The van der Waals surface area contributed by atoms with E-state index in [0.717, 1.165) is 12.1 Å². The molecule has 0 bridgehead atoms. The average molecular weight is 342 g/mol. The third-order valence-electron chi connectivity index (χ3n) is 1.02. The molecule has 0 atom stereocenters. The molecule has 1 rings (SSSR count). The molecule has 0 aliphatic heterocycles. The number of aromatic carboxylic acids is 1. The van der Waals surface area contributed by atoms with Gasteiger partial charge in [-0.2, -0.15) is 0 Å². The molecule has 2 N–H and O–H groups in total. The summed E-state index contributed by atoms with van der Waals surface area (Å²) in [5, 5.41) is 16.9. The average Bonchev–Trinajstić information content (AvgIpc) is 1.94. The maximum Gasteiger partial charge on any atom is 0.379 e. The Kier molecular flexibility index (Phi) is 3.67. The third kappa shape index (κ3) is 2.19. The van der Waals surface area contributed by atoms with Crippen LogP contribution in [-0.2, 0) is 20.4 Å². The first-order valence-electron chi connectivity index (χ1n) is 2.67. The van der Waals surface area contributed by atoms with Gasteiger partial charge in [0.2, 0.25) is 11.5 Å². The molecule has 1 heterocycles. The first-order chi connectivity index (χ1) is 5.11. The fourth-order valence-electron chi connectivity index (χ4n) is 0.524. The SMILES string of the molecule is O=C(O)c1ccc(O)c(=O)o1.[Re]. The monoisotopic (exact) mass is 343 g/mol. The standard InChI is InChI=1S/C6H4O5.Re/c7-3-1-2-4(5(8)9)11-6(3)10;/h1-2,7H,(H,8,9);. The molecule has 1 radical (unpaired) electrons. The molecular weight excluding hydrogens is 338 g/mol. The van der Waals surface area contributed by atoms with Gasteiger partial charge < -0.3 is 14.6 Å². The number of rotatable bonds is 1. The van der Waals surface area contributed by atoms with Gasteiger partial charge in [-0.05, 0) is 12.1 Å². The molecular formula is C6H4O5Re. The Labute approximate surface area is 80.3 Å². The van der Waals surface area contributed by atoms with Crippen LogP contribution in [0.4, 0.5) is 0 Å². The van der Waals surface area contributed by atoms with E-state index in [1.165, 1.54) is 0 Å². The maximum atomic E-state index is 10.5. The summed E-state index contributed by atoms with van der Waals surface area (Å²) in [5.74, 6) is -2.44. The van der Waals surface area contributed by atoms with E-state index in [1.54, 1.807) is 0 Å². The predicted molar refractivity (Wildman–Crippen MR) is 33.6 cm³/mol. The number of hydrogen-bond acceptors (Lipinski definition) is 4. The summed E-state index contributed by atoms with van der Waals surface area (Å²) in [4.78, 5) is 20.6. The fourth-order valence-corrected chi connectivity index (χ4v) is 0.524.